The van der Waals surface area contributed by atoms with Crippen LogP contribution in [0, 0.1) is 5.92 Å². The van der Waals surface area contributed by atoms with Gasteiger partial charge in [0.1, 0.15) is 16.9 Å². The summed E-state index contributed by atoms with van der Waals surface area (Å²) in [5.74, 6) is -1.70. The molecule has 0 bridgehead atoms. The van der Waals surface area contributed by atoms with Gasteiger partial charge in [-0.3, -0.25) is 0 Å². The number of carbonyl (C=O) groups excluding carboxylic acids is 2. The van der Waals surface area contributed by atoms with Crippen LogP contribution in [0.1, 0.15) is 53.5 Å². The van der Waals surface area contributed by atoms with Gasteiger partial charge < -0.3 is 19.4 Å². The number of benzene rings is 1. The highest BCUT2D eigenvalue weighted by Crippen LogP contribution is 2.42. The van der Waals surface area contributed by atoms with Crippen LogP contribution in [0.15, 0.2) is 12.1 Å². The van der Waals surface area contributed by atoms with Crippen molar-refractivity contribution < 1.29 is 29.0 Å². The number of carbonyl (C=O) groups is 2. The van der Waals surface area contributed by atoms with E-state index in [-0.39, 0.29) is 22.1 Å². The van der Waals surface area contributed by atoms with Crippen LogP contribution in [0.25, 0.3) is 0 Å². The maximum atomic E-state index is 12.2. The Balaban J connectivity index is 3.22. The van der Waals surface area contributed by atoms with Crippen LogP contribution in [-0.2, 0) is 15.9 Å². The van der Waals surface area contributed by atoms with Gasteiger partial charge in [-0.15, -0.1) is 0 Å². The van der Waals surface area contributed by atoms with Crippen LogP contribution in [0.3, 0.4) is 0 Å². The topological polar surface area (TPSA) is 93.1 Å². The van der Waals surface area contributed by atoms with Crippen LogP contribution >= 0.6 is 0 Å². The quantitative estimate of drug-likeness (QED) is 0.554. The molecule has 0 aliphatic heterocycles. The van der Waals surface area contributed by atoms with Gasteiger partial charge in [0.2, 0.25) is 0 Å². The Kier molecular flexibility index (Phi) is 7.01. The van der Waals surface area contributed by atoms with Crippen molar-refractivity contribution in [1.29, 1.82) is 0 Å². The Morgan fingerprint density at radius 3 is 2.15 bits per heavy atom. The highest BCUT2D eigenvalue weighted by Gasteiger charge is 2.39. The average molecular weight is 383 g/mol. The van der Waals surface area contributed by atoms with E-state index in [0.29, 0.717) is 12.0 Å². The molecule has 7 heteroatoms. The minimum atomic E-state index is -2.35. The summed E-state index contributed by atoms with van der Waals surface area (Å²) in [6, 6.07) is 3.09. The molecular formula is C19H30O6Si. The van der Waals surface area contributed by atoms with Crippen LogP contribution in [0.4, 0.5) is 0 Å². The molecule has 0 aliphatic rings. The van der Waals surface area contributed by atoms with Gasteiger partial charge >= 0.3 is 11.9 Å². The van der Waals surface area contributed by atoms with Crippen LogP contribution < -0.4 is 0 Å². The standard InChI is InChI=1S/C19H30O6Si/c1-12(11-19(2,3)26(6,7)23)10-13-8-9-14(17(21)24-4)16(20)15(13)18(22)25-5/h8-9,12,20,23H,10-11H2,1-7H3. The lowest BCUT2D eigenvalue weighted by Crippen LogP contribution is -2.40. The van der Waals surface area contributed by atoms with Crippen LogP contribution in [0.5, 0.6) is 5.75 Å². The predicted molar refractivity (Wildman–Crippen MR) is 102 cm³/mol. The molecule has 26 heavy (non-hydrogen) atoms. The maximum Gasteiger partial charge on any atom is 0.341 e. The van der Waals surface area contributed by atoms with Crippen molar-refractivity contribution >= 4 is 20.3 Å². The molecule has 0 aromatic heterocycles. The molecule has 1 unspecified atom stereocenters. The molecule has 1 rings (SSSR count). The molecule has 1 aromatic carbocycles. The van der Waals surface area contributed by atoms with E-state index in [4.69, 9.17) is 4.74 Å². The number of hydrogen-bond donors (Lipinski definition) is 2. The van der Waals surface area contributed by atoms with Gasteiger partial charge in [0.05, 0.1) is 14.2 Å². The van der Waals surface area contributed by atoms with Crippen molar-refractivity contribution in [2.24, 2.45) is 5.92 Å². The molecule has 146 valence electrons. The Morgan fingerprint density at radius 1 is 1.15 bits per heavy atom. The first-order valence-corrected chi connectivity index (χ1v) is 11.5. The number of esters is 2. The van der Waals surface area contributed by atoms with Gasteiger partial charge in [0, 0.05) is 0 Å². The number of aromatic hydroxyl groups is 1. The zero-order valence-corrected chi connectivity index (χ0v) is 17.7. The molecule has 0 heterocycles. The largest absolute Gasteiger partial charge is 0.506 e. The summed E-state index contributed by atoms with van der Waals surface area (Å²) in [4.78, 5) is 34.4. The molecule has 1 aromatic rings. The minimum absolute atomic E-state index is 0.0134. The summed E-state index contributed by atoms with van der Waals surface area (Å²) in [6.45, 7) is 9.96. The Hall–Kier alpha value is -1.86. The Morgan fingerprint density at radius 2 is 1.69 bits per heavy atom. The van der Waals surface area contributed by atoms with Crippen molar-refractivity contribution in [2.45, 2.75) is 51.7 Å². The van der Waals surface area contributed by atoms with E-state index >= 15 is 0 Å². The Labute approximate surface area is 156 Å². The highest BCUT2D eigenvalue weighted by molar-refractivity contribution is 6.72. The van der Waals surface area contributed by atoms with E-state index in [1.165, 1.54) is 20.3 Å². The van der Waals surface area contributed by atoms with Crippen LogP contribution in [-0.4, -0.2) is 44.4 Å². The SMILES string of the molecule is COC(=O)c1ccc(CC(C)CC(C)(C)[Si](C)(C)O)c(C(=O)OC)c1O. The van der Waals surface area contributed by atoms with Crippen molar-refractivity contribution in [2.75, 3.05) is 14.2 Å². The summed E-state index contributed by atoms with van der Waals surface area (Å²) in [6.07, 6.45) is 1.27. The fraction of sp³-hybridized carbons (Fsp3) is 0.579. The van der Waals surface area contributed by atoms with Crippen molar-refractivity contribution in [3.63, 3.8) is 0 Å². The molecular weight excluding hydrogens is 352 g/mol. The lowest BCUT2D eigenvalue weighted by molar-refractivity contribution is 0.0591. The number of phenolic OH excluding ortho intramolecular Hbond substituents is 1. The van der Waals surface area contributed by atoms with Gasteiger partial charge in [0.15, 0.2) is 8.32 Å². The second-order valence-electron chi connectivity index (χ2n) is 7.94. The molecule has 0 saturated heterocycles. The fourth-order valence-corrected chi connectivity index (χ4v) is 3.82. The first kappa shape index (κ1) is 22.2. The molecule has 0 aliphatic carbocycles. The number of methoxy groups -OCH3 is 2. The lowest BCUT2D eigenvalue weighted by atomic mass is 9.89. The zero-order valence-electron chi connectivity index (χ0n) is 16.7. The first-order chi connectivity index (χ1) is 11.9. The normalized spacial score (nSPS) is 13.2. The molecule has 0 saturated carbocycles. The second-order valence-corrected chi connectivity index (χ2v) is 12.4. The maximum absolute atomic E-state index is 12.2. The number of ether oxygens (including phenoxy) is 2. The molecule has 0 fully saturated rings. The van der Waals surface area contributed by atoms with Gasteiger partial charge in [-0.05, 0) is 48.5 Å². The van der Waals surface area contributed by atoms with E-state index < -0.39 is 26.0 Å². The van der Waals surface area contributed by atoms with Gasteiger partial charge in [0.25, 0.3) is 0 Å². The van der Waals surface area contributed by atoms with E-state index in [1.807, 2.05) is 20.0 Å². The van der Waals surface area contributed by atoms with E-state index in [1.54, 1.807) is 6.07 Å². The van der Waals surface area contributed by atoms with E-state index in [2.05, 4.69) is 18.6 Å². The molecule has 2 N–H and O–H groups in total. The number of hydrogen-bond acceptors (Lipinski definition) is 6. The molecule has 1 atom stereocenters. The van der Waals surface area contributed by atoms with Crippen LogP contribution in [0.2, 0.25) is 18.1 Å². The zero-order chi connectivity index (χ0) is 20.3. The van der Waals surface area contributed by atoms with Gasteiger partial charge in [-0.25, -0.2) is 9.59 Å². The second kappa shape index (κ2) is 8.22. The highest BCUT2D eigenvalue weighted by atomic mass is 28.4. The fourth-order valence-electron chi connectivity index (χ4n) is 2.98. The average Bonchev–Trinajstić information content (AvgIpc) is 2.52. The summed E-state index contributed by atoms with van der Waals surface area (Å²) in [7, 11) is 0.0825. The summed E-state index contributed by atoms with van der Waals surface area (Å²) in [5, 5.41) is 10.2. The monoisotopic (exact) mass is 382 g/mol. The third kappa shape index (κ3) is 4.85. The summed E-state index contributed by atoms with van der Waals surface area (Å²) < 4.78 is 9.41. The number of phenols is 1. The van der Waals surface area contributed by atoms with Crippen molar-refractivity contribution in [3.05, 3.63) is 28.8 Å². The van der Waals surface area contributed by atoms with E-state index in [0.717, 1.165) is 6.42 Å². The molecule has 6 nitrogen and oxygen atoms in total. The third-order valence-electron chi connectivity index (χ3n) is 5.14. The van der Waals surface area contributed by atoms with Gasteiger partial charge in [-0.2, -0.15) is 0 Å². The van der Waals surface area contributed by atoms with E-state index in [9.17, 15) is 19.5 Å². The Bertz CT molecular complexity index is 675. The number of rotatable bonds is 7. The minimum Gasteiger partial charge on any atom is -0.506 e. The lowest BCUT2D eigenvalue weighted by Gasteiger charge is -2.37. The van der Waals surface area contributed by atoms with Crippen molar-refractivity contribution in [3.8, 4) is 5.75 Å². The summed E-state index contributed by atoms with van der Waals surface area (Å²) >= 11 is 0. The molecule has 0 spiro atoms. The predicted octanol–water partition coefficient (Wildman–Crippen LogP) is 3.51. The van der Waals surface area contributed by atoms with Gasteiger partial charge in [-0.1, -0.05) is 26.8 Å². The summed E-state index contributed by atoms with van der Waals surface area (Å²) in [5.41, 5.74) is 0.511. The smallest absolute Gasteiger partial charge is 0.341 e. The molecule has 0 amide bonds. The first-order valence-electron chi connectivity index (χ1n) is 8.59. The van der Waals surface area contributed by atoms with Crippen molar-refractivity contribution in [1.82, 2.24) is 0 Å². The molecule has 0 radical (unpaired) electrons. The third-order valence-corrected chi connectivity index (χ3v) is 8.66.